The van der Waals surface area contributed by atoms with Crippen molar-refractivity contribution in [3.63, 3.8) is 0 Å². The molecule has 2 N–H and O–H groups in total. The normalized spacial score (nSPS) is 15.5. The first-order chi connectivity index (χ1) is 16.5. The molecule has 1 aliphatic heterocycles. The molecule has 0 radical (unpaired) electrons. The summed E-state index contributed by atoms with van der Waals surface area (Å²) in [6.45, 7) is -0.0775. The molecule has 0 saturated carbocycles. The molecule has 35 heavy (non-hydrogen) atoms. The number of carboxylic acids is 1. The van der Waals surface area contributed by atoms with Gasteiger partial charge in [0.15, 0.2) is 5.05 Å². The number of rotatable bonds is 6. The van der Waals surface area contributed by atoms with Gasteiger partial charge in [0.2, 0.25) is 10.0 Å². The van der Waals surface area contributed by atoms with E-state index in [0.717, 1.165) is 17.7 Å². The lowest BCUT2D eigenvalue weighted by Gasteiger charge is -2.19. The Labute approximate surface area is 204 Å². The van der Waals surface area contributed by atoms with Gasteiger partial charge in [-0.3, -0.25) is 0 Å². The van der Waals surface area contributed by atoms with E-state index in [4.69, 9.17) is 17.0 Å². The highest BCUT2D eigenvalue weighted by Gasteiger charge is 2.31. The molecule has 3 aromatic rings. The summed E-state index contributed by atoms with van der Waals surface area (Å²) in [4.78, 5) is 11.2. The number of carbonyl (C=O) groups is 1. The highest BCUT2D eigenvalue weighted by Crippen LogP contribution is 2.40. The van der Waals surface area contributed by atoms with E-state index in [1.54, 1.807) is 18.2 Å². The van der Waals surface area contributed by atoms with Crippen LogP contribution in [-0.4, -0.2) is 31.1 Å². The molecule has 0 spiro atoms. The number of hydrogen-bond donors (Lipinski definition) is 2. The van der Waals surface area contributed by atoms with Crippen LogP contribution in [0, 0.1) is 0 Å². The highest BCUT2D eigenvalue weighted by atomic mass is 32.2. The maximum Gasteiger partial charge on any atom is 0.416 e. The summed E-state index contributed by atoms with van der Waals surface area (Å²) in [5.74, 6) is -1.22. The fourth-order valence-corrected chi connectivity index (χ4v) is 5.23. The van der Waals surface area contributed by atoms with Gasteiger partial charge in [0.05, 0.1) is 16.0 Å². The van der Waals surface area contributed by atoms with Gasteiger partial charge in [-0.25, -0.2) is 17.9 Å². The smallest absolute Gasteiger partial charge is 0.416 e. The van der Waals surface area contributed by atoms with Crippen molar-refractivity contribution in [1.82, 2.24) is 4.72 Å². The topological polar surface area (TPSA) is 92.7 Å². The molecular formula is C24H18F3NO5S2. The first-order valence-electron chi connectivity index (χ1n) is 10.3. The third-order valence-corrected chi connectivity index (χ3v) is 7.39. The van der Waals surface area contributed by atoms with E-state index in [2.05, 4.69) is 4.72 Å². The predicted molar refractivity (Wildman–Crippen MR) is 125 cm³/mol. The summed E-state index contributed by atoms with van der Waals surface area (Å²) >= 11 is 5.40. The standard InChI is InChI=1S/C24H18F3NO5S2/c25-24(26,27)15-6-8-16(9-7-15)35(31,32)28-12-11-18-17-3-1-2-4-19(17)23(34)33-21-10-5-14(22(29)30)13-20(18)21/h1-10,13,18,28H,11-12H2,(H,29,30). The van der Waals surface area contributed by atoms with Crippen LogP contribution in [0.15, 0.2) is 71.6 Å². The Morgan fingerprint density at radius 1 is 1.03 bits per heavy atom. The first-order valence-corrected chi connectivity index (χ1v) is 12.2. The second-order valence-electron chi connectivity index (χ2n) is 7.80. The van der Waals surface area contributed by atoms with Crippen LogP contribution < -0.4 is 9.46 Å². The Morgan fingerprint density at radius 3 is 2.37 bits per heavy atom. The summed E-state index contributed by atoms with van der Waals surface area (Å²) in [5, 5.41) is 9.65. The van der Waals surface area contributed by atoms with Crippen LogP contribution in [0.4, 0.5) is 13.2 Å². The minimum absolute atomic E-state index is 0.0352. The van der Waals surface area contributed by atoms with E-state index < -0.39 is 33.7 Å². The number of fused-ring (bicyclic) bond motifs is 2. The molecule has 0 amide bonds. The van der Waals surface area contributed by atoms with E-state index in [0.29, 0.717) is 29.0 Å². The second kappa shape index (κ2) is 9.40. The fraction of sp³-hybridized carbons (Fsp3) is 0.167. The zero-order valence-corrected chi connectivity index (χ0v) is 19.5. The second-order valence-corrected chi connectivity index (χ2v) is 9.93. The monoisotopic (exact) mass is 521 g/mol. The van der Waals surface area contributed by atoms with Gasteiger partial charge in [-0.1, -0.05) is 24.3 Å². The van der Waals surface area contributed by atoms with Crippen molar-refractivity contribution in [2.45, 2.75) is 23.4 Å². The van der Waals surface area contributed by atoms with Gasteiger partial charge in [0.25, 0.3) is 0 Å². The molecule has 182 valence electrons. The lowest BCUT2D eigenvalue weighted by atomic mass is 9.85. The minimum Gasteiger partial charge on any atom is -0.478 e. The van der Waals surface area contributed by atoms with Crippen molar-refractivity contribution in [2.24, 2.45) is 0 Å². The van der Waals surface area contributed by atoms with Gasteiger partial charge < -0.3 is 9.84 Å². The lowest BCUT2D eigenvalue weighted by Crippen LogP contribution is -2.26. The molecule has 1 heterocycles. The maximum atomic E-state index is 12.8. The molecule has 4 rings (SSSR count). The predicted octanol–water partition coefficient (Wildman–Crippen LogP) is 4.97. The van der Waals surface area contributed by atoms with E-state index in [-0.39, 0.29) is 28.5 Å². The van der Waals surface area contributed by atoms with Crippen LogP contribution in [0.1, 0.15) is 45.0 Å². The summed E-state index contributed by atoms with van der Waals surface area (Å²) in [6, 6.07) is 14.7. The van der Waals surface area contributed by atoms with Crippen molar-refractivity contribution in [3.8, 4) is 5.75 Å². The number of halogens is 3. The Morgan fingerprint density at radius 2 is 1.71 bits per heavy atom. The van der Waals surface area contributed by atoms with Crippen LogP contribution >= 0.6 is 12.2 Å². The first kappa shape index (κ1) is 24.8. The van der Waals surface area contributed by atoms with E-state index in [9.17, 15) is 31.5 Å². The number of sulfonamides is 1. The summed E-state index contributed by atoms with van der Waals surface area (Å²) in [6.07, 6.45) is -4.37. The van der Waals surface area contributed by atoms with Gasteiger partial charge in [-0.2, -0.15) is 13.2 Å². The molecule has 0 bridgehead atoms. The number of ether oxygens (including phenoxy) is 1. The molecule has 11 heteroatoms. The van der Waals surface area contributed by atoms with Crippen LogP contribution in [0.3, 0.4) is 0 Å². The fourth-order valence-electron chi connectivity index (χ4n) is 3.91. The zero-order chi connectivity index (χ0) is 25.4. The average Bonchev–Trinajstić information content (AvgIpc) is 2.92. The number of aromatic carboxylic acids is 1. The van der Waals surface area contributed by atoms with E-state index >= 15 is 0 Å². The van der Waals surface area contributed by atoms with E-state index in [1.165, 1.54) is 18.2 Å². The van der Waals surface area contributed by atoms with Gasteiger partial charge >= 0.3 is 12.1 Å². The van der Waals surface area contributed by atoms with Crippen molar-refractivity contribution in [2.75, 3.05) is 6.54 Å². The average molecular weight is 522 g/mol. The van der Waals surface area contributed by atoms with Crippen LogP contribution in [-0.2, 0) is 16.2 Å². The van der Waals surface area contributed by atoms with Crippen molar-refractivity contribution < 1.29 is 36.2 Å². The molecule has 0 aromatic heterocycles. The molecule has 6 nitrogen and oxygen atoms in total. The Bertz CT molecular complexity index is 1400. The minimum atomic E-state index is -4.58. The number of alkyl halides is 3. The number of benzene rings is 3. The summed E-state index contributed by atoms with van der Waals surface area (Å²) < 4.78 is 71.9. The molecule has 0 aliphatic carbocycles. The van der Waals surface area contributed by atoms with Crippen LogP contribution in [0.5, 0.6) is 5.75 Å². The Hall–Kier alpha value is -3.28. The number of hydrogen-bond acceptors (Lipinski definition) is 5. The Kier molecular flexibility index (Phi) is 6.67. The van der Waals surface area contributed by atoms with Gasteiger partial charge in [-0.05, 0) is 66.7 Å². The number of nitrogens with one attached hydrogen (secondary N) is 1. The van der Waals surface area contributed by atoms with Crippen molar-refractivity contribution in [1.29, 1.82) is 0 Å². The van der Waals surface area contributed by atoms with Crippen molar-refractivity contribution in [3.05, 3.63) is 94.5 Å². The number of carboxylic acid groups (broad SMARTS) is 1. The molecule has 0 saturated heterocycles. The third kappa shape index (κ3) is 5.21. The largest absolute Gasteiger partial charge is 0.478 e. The molecule has 1 unspecified atom stereocenters. The highest BCUT2D eigenvalue weighted by molar-refractivity contribution is 7.89. The zero-order valence-electron chi connectivity index (χ0n) is 17.9. The quantitative estimate of drug-likeness (QED) is 0.445. The summed E-state index contributed by atoms with van der Waals surface area (Å²) in [7, 11) is -4.09. The van der Waals surface area contributed by atoms with Gasteiger partial charge in [-0.15, -0.1) is 0 Å². The molecular weight excluding hydrogens is 503 g/mol. The molecule has 0 fully saturated rings. The lowest BCUT2D eigenvalue weighted by molar-refractivity contribution is -0.137. The van der Waals surface area contributed by atoms with Gasteiger partial charge in [0.1, 0.15) is 5.75 Å². The maximum absolute atomic E-state index is 12.8. The Balaban J connectivity index is 1.62. The van der Waals surface area contributed by atoms with Gasteiger partial charge in [0, 0.05) is 23.6 Å². The number of thiocarbonyl (C=S) groups is 1. The molecule has 1 aliphatic rings. The SMILES string of the molecule is O=C(O)c1ccc2c(c1)C(CCNS(=O)(=O)c1ccc(C(F)(F)F)cc1)c1ccccc1C(=S)O2. The third-order valence-electron chi connectivity index (χ3n) is 5.61. The van der Waals surface area contributed by atoms with Crippen molar-refractivity contribution >= 4 is 33.3 Å². The van der Waals surface area contributed by atoms with E-state index in [1.807, 2.05) is 6.07 Å². The van der Waals surface area contributed by atoms with Crippen LogP contribution in [0.2, 0.25) is 0 Å². The molecule has 1 atom stereocenters. The molecule has 3 aromatic carbocycles. The van der Waals surface area contributed by atoms with Crippen LogP contribution in [0.25, 0.3) is 0 Å². The summed E-state index contributed by atoms with van der Waals surface area (Å²) in [5.41, 5.74) is 0.992.